The van der Waals surface area contributed by atoms with E-state index in [0.29, 0.717) is 28.7 Å². The molecule has 2 heterocycles. The predicted molar refractivity (Wildman–Crippen MR) is 92.7 cm³/mol. The molecule has 0 spiro atoms. The zero-order valence-corrected chi connectivity index (χ0v) is 14.2. The largest absolute Gasteiger partial charge is 0.334 e. The summed E-state index contributed by atoms with van der Waals surface area (Å²) in [6.07, 6.45) is 2.31. The van der Waals surface area contributed by atoms with Gasteiger partial charge in [-0.05, 0) is 24.3 Å². The van der Waals surface area contributed by atoms with E-state index >= 15 is 0 Å². The zero-order valence-electron chi connectivity index (χ0n) is 13.4. The van der Waals surface area contributed by atoms with Crippen LogP contribution in [0.1, 0.15) is 12.7 Å². The molecule has 1 amide bonds. The fourth-order valence-corrected chi connectivity index (χ4v) is 2.64. The molecule has 0 saturated heterocycles. The van der Waals surface area contributed by atoms with Crippen LogP contribution in [0.5, 0.6) is 0 Å². The van der Waals surface area contributed by atoms with Crippen molar-refractivity contribution in [3.05, 3.63) is 54.2 Å². The molecule has 2 aromatic heterocycles. The van der Waals surface area contributed by atoms with Gasteiger partial charge in [0.2, 0.25) is 5.91 Å². The minimum atomic E-state index is -0.464. The first kappa shape index (κ1) is 17.1. The van der Waals surface area contributed by atoms with E-state index in [-0.39, 0.29) is 17.3 Å². The normalized spacial score (nSPS) is 10.6. The van der Waals surface area contributed by atoms with E-state index < -0.39 is 5.82 Å². The van der Waals surface area contributed by atoms with Gasteiger partial charge in [-0.3, -0.25) is 4.79 Å². The van der Waals surface area contributed by atoms with Crippen molar-refractivity contribution in [2.75, 3.05) is 11.1 Å². The Morgan fingerprint density at radius 3 is 2.80 bits per heavy atom. The Labute approximate surface area is 147 Å². The predicted octanol–water partition coefficient (Wildman–Crippen LogP) is 3.56. The van der Waals surface area contributed by atoms with E-state index in [0.717, 1.165) is 0 Å². The number of amides is 1. The lowest BCUT2D eigenvalue weighted by Gasteiger charge is -2.05. The lowest BCUT2D eigenvalue weighted by atomic mass is 10.3. The molecule has 25 heavy (non-hydrogen) atoms. The molecule has 0 aliphatic rings. The molecule has 1 N–H and O–H groups in total. The second kappa shape index (κ2) is 7.89. The maximum Gasteiger partial charge on any atom is 0.259 e. The number of benzene rings is 1. The van der Waals surface area contributed by atoms with Crippen molar-refractivity contribution in [3.8, 4) is 11.5 Å². The number of anilines is 1. The quantitative estimate of drug-likeness (QED) is 0.679. The SMILES string of the molecule is CCc1noc(-c2ccc(SCC(=O)Nc3ccccc3F)nc2)n1. The van der Waals surface area contributed by atoms with Gasteiger partial charge in [0.05, 0.1) is 22.0 Å². The van der Waals surface area contributed by atoms with Crippen LogP contribution in [-0.2, 0) is 11.2 Å². The van der Waals surface area contributed by atoms with Gasteiger partial charge in [-0.15, -0.1) is 0 Å². The van der Waals surface area contributed by atoms with Crippen molar-refractivity contribution in [1.82, 2.24) is 15.1 Å². The van der Waals surface area contributed by atoms with Crippen molar-refractivity contribution in [1.29, 1.82) is 0 Å². The van der Waals surface area contributed by atoms with Crippen LogP contribution in [-0.4, -0.2) is 26.8 Å². The number of halogens is 1. The molecule has 6 nitrogen and oxygen atoms in total. The summed E-state index contributed by atoms with van der Waals surface area (Å²) in [5.74, 6) is 0.414. The van der Waals surface area contributed by atoms with Gasteiger partial charge in [0.25, 0.3) is 5.89 Å². The number of rotatable bonds is 6. The lowest BCUT2D eigenvalue weighted by Crippen LogP contribution is -2.15. The summed E-state index contributed by atoms with van der Waals surface area (Å²) >= 11 is 1.25. The van der Waals surface area contributed by atoms with E-state index in [1.54, 1.807) is 30.5 Å². The Balaban J connectivity index is 1.56. The number of aromatic nitrogens is 3. The molecule has 0 bridgehead atoms. The summed E-state index contributed by atoms with van der Waals surface area (Å²) in [6.45, 7) is 1.94. The van der Waals surface area contributed by atoms with E-state index in [1.807, 2.05) is 6.92 Å². The highest BCUT2D eigenvalue weighted by molar-refractivity contribution is 7.99. The first-order valence-corrected chi connectivity index (χ1v) is 8.60. The van der Waals surface area contributed by atoms with Gasteiger partial charge in [0.15, 0.2) is 5.82 Å². The monoisotopic (exact) mass is 358 g/mol. The number of nitrogens with one attached hydrogen (secondary N) is 1. The van der Waals surface area contributed by atoms with Crippen LogP contribution in [0.15, 0.2) is 52.1 Å². The Morgan fingerprint density at radius 1 is 1.28 bits per heavy atom. The summed E-state index contributed by atoms with van der Waals surface area (Å²) < 4.78 is 18.6. The van der Waals surface area contributed by atoms with Gasteiger partial charge in [-0.25, -0.2) is 9.37 Å². The maximum absolute atomic E-state index is 13.5. The van der Waals surface area contributed by atoms with Crippen LogP contribution in [0.4, 0.5) is 10.1 Å². The minimum absolute atomic E-state index is 0.126. The van der Waals surface area contributed by atoms with Crippen molar-refractivity contribution in [2.45, 2.75) is 18.4 Å². The molecule has 3 aromatic rings. The molecular weight excluding hydrogens is 343 g/mol. The molecule has 0 atom stereocenters. The number of aryl methyl sites for hydroxylation is 1. The molecule has 1 aromatic carbocycles. The number of hydrogen-bond acceptors (Lipinski definition) is 6. The van der Waals surface area contributed by atoms with Gasteiger partial charge in [0.1, 0.15) is 5.82 Å². The van der Waals surface area contributed by atoms with Crippen LogP contribution >= 0.6 is 11.8 Å². The molecule has 0 unspecified atom stereocenters. The molecule has 0 aliphatic carbocycles. The topological polar surface area (TPSA) is 80.9 Å². The fourth-order valence-electron chi connectivity index (χ4n) is 2.00. The average molecular weight is 358 g/mol. The standard InChI is InChI=1S/C17H15FN4O2S/c1-2-14-21-17(24-22-14)11-7-8-16(19-9-11)25-10-15(23)20-13-6-4-3-5-12(13)18/h3-9H,2,10H2,1H3,(H,20,23). The fraction of sp³-hybridized carbons (Fsp3) is 0.176. The Bertz CT molecular complexity index is 867. The molecule has 0 aliphatic heterocycles. The van der Waals surface area contributed by atoms with Gasteiger partial charge < -0.3 is 9.84 Å². The Morgan fingerprint density at radius 2 is 2.12 bits per heavy atom. The number of carbonyl (C=O) groups excluding carboxylic acids is 1. The zero-order chi connectivity index (χ0) is 17.6. The van der Waals surface area contributed by atoms with Crippen molar-refractivity contribution in [3.63, 3.8) is 0 Å². The van der Waals surface area contributed by atoms with Crippen LogP contribution in [0.2, 0.25) is 0 Å². The van der Waals surface area contributed by atoms with E-state index in [4.69, 9.17) is 4.52 Å². The molecule has 3 rings (SSSR count). The van der Waals surface area contributed by atoms with Crippen molar-refractivity contribution < 1.29 is 13.7 Å². The van der Waals surface area contributed by atoms with Crippen LogP contribution in [0.25, 0.3) is 11.5 Å². The van der Waals surface area contributed by atoms with Crippen LogP contribution in [0.3, 0.4) is 0 Å². The molecule has 128 valence electrons. The van der Waals surface area contributed by atoms with Gasteiger partial charge in [0, 0.05) is 12.6 Å². The summed E-state index contributed by atoms with van der Waals surface area (Å²) in [7, 11) is 0. The van der Waals surface area contributed by atoms with E-state index in [1.165, 1.54) is 23.9 Å². The van der Waals surface area contributed by atoms with E-state index in [2.05, 4.69) is 20.4 Å². The average Bonchev–Trinajstić information content (AvgIpc) is 3.12. The maximum atomic E-state index is 13.5. The van der Waals surface area contributed by atoms with Gasteiger partial charge >= 0.3 is 0 Å². The van der Waals surface area contributed by atoms with Crippen molar-refractivity contribution >= 4 is 23.4 Å². The number of carbonyl (C=O) groups is 1. The van der Waals surface area contributed by atoms with Crippen molar-refractivity contribution in [2.24, 2.45) is 0 Å². The Kier molecular flexibility index (Phi) is 5.39. The summed E-state index contributed by atoms with van der Waals surface area (Å²) in [6, 6.07) is 9.61. The first-order valence-electron chi connectivity index (χ1n) is 7.62. The highest BCUT2D eigenvalue weighted by Crippen LogP contribution is 2.21. The van der Waals surface area contributed by atoms with Crippen LogP contribution in [0, 0.1) is 5.82 Å². The smallest absolute Gasteiger partial charge is 0.259 e. The first-order chi connectivity index (χ1) is 12.2. The number of nitrogens with zero attached hydrogens (tertiary/aromatic N) is 3. The highest BCUT2D eigenvalue weighted by Gasteiger charge is 2.10. The third-order valence-electron chi connectivity index (χ3n) is 3.27. The highest BCUT2D eigenvalue weighted by atomic mass is 32.2. The molecule has 0 radical (unpaired) electrons. The van der Waals surface area contributed by atoms with Gasteiger partial charge in [-0.1, -0.05) is 36.0 Å². The minimum Gasteiger partial charge on any atom is -0.334 e. The summed E-state index contributed by atoms with van der Waals surface area (Å²) in [4.78, 5) is 20.4. The summed E-state index contributed by atoms with van der Waals surface area (Å²) in [5, 5.41) is 7.04. The third-order valence-corrected chi connectivity index (χ3v) is 4.21. The number of thioether (sulfide) groups is 1. The Hall–Kier alpha value is -2.74. The molecule has 0 saturated carbocycles. The second-order valence-corrected chi connectivity index (χ2v) is 6.07. The number of para-hydroxylation sites is 1. The molecule has 0 fully saturated rings. The lowest BCUT2D eigenvalue weighted by molar-refractivity contribution is -0.113. The third kappa shape index (κ3) is 4.42. The number of pyridine rings is 1. The van der Waals surface area contributed by atoms with Gasteiger partial charge in [-0.2, -0.15) is 4.98 Å². The van der Waals surface area contributed by atoms with Crippen LogP contribution < -0.4 is 5.32 Å². The molecule has 8 heteroatoms. The number of hydrogen-bond donors (Lipinski definition) is 1. The second-order valence-electron chi connectivity index (χ2n) is 5.07. The van der Waals surface area contributed by atoms with E-state index in [9.17, 15) is 9.18 Å². The summed E-state index contributed by atoms with van der Waals surface area (Å²) in [5.41, 5.74) is 0.881. The molecular formula is C17H15FN4O2S.